The molecule has 0 unspecified atom stereocenters. The maximum Gasteiger partial charge on any atom is 0.318 e. The van der Waals surface area contributed by atoms with Gasteiger partial charge in [0, 0.05) is 54.1 Å². The average molecular weight is 536 g/mol. The van der Waals surface area contributed by atoms with E-state index >= 15 is 0 Å². The molecule has 0 saturated heterocycles. The van der Waals surface area contributed by atoms with Crippen LogP contribution in [0.25, 0.3) is 11.1 Å². The lowest BCUT2D eigenvalue weighted by atomic mass is 10.0. The molecule has 0 aliphatic carbocycles. The zero-order chi connectivity index (χ0) is 28.3. The molecule has 4 rings (SSSR count). The van der Waals surface area contributed by atoms with Gasteiger partial charge in [0.2, 0.25) is 0 Å². The monoisotopic (exact) mass is 535 g/mol. The number of hydrogen-bond acceptors (Lipinski definition) is 4. The van der Waals surface area contributed by atoms with Crippen LogP contribution in [0, 0.1) is 5.82 Å². The fourth-order valence-corrected chi connectivity index (χ4v) is 3.96. The summed E-state index contributed by atoms with van der Waals surface area (Å²) in [5, 5.41) is 8.10. The molecule has 0 bridgehead atoms. The molecule has 202 valence electrons. The number of rotatable bonds is 6. The van der Waals surface area contributed by atoms with Crippen molar-refractivity contribution in [3.8, 4) is 0 Å². The Kier molecular flexibility index (Phi) is 9.50. The number of nitrogens with one attached hydrogen (secondary N) is 3. The molecule has 0 atom stereocenters. The molecule has 3 N–H and O–H groups in total. The van der Waals surface area contributed by atoms with Crippen LogP contribution in [0.5, 0.6) is 0 Å². The Hall–Kier alpha value is -5.11. The maximum absolute atomic E-state index is 13.9. The van der Waals surface area contributed by atoms with Gasteiger partial charge in [-0.2, -0.15) is 0 Å². The fraction of sp³-hybridized carbons (Fsp3) is 0.125. The summed E-state index contributed by atoms with van der Waals surface area (Å²) in [4.78, 5) is 33.7. The minimum Gasteiger partial charge on any atom is -0.348 e. The number of aliphatic imine (C=N–C) groups is 2. The van der Waals surface area contributed by atoms with Crippen LogP contribution in [-0.4, -0.2) is 37.5 Å². The molecule has 0 spiro atoms. The van der Waals surface area contributed by atoms with Gasteiger partial charge in [0.05, 0.1) is 6.54 Å². The van der Waals surface area contributed by atoms with Gasteiger partial charge in [-0.05, 0) is 60.0 Å². The van der Waals surface area contributed by atoms with Gasteiger partial charge < -0.3 is 16.0 Å². The molecular weight excluding hydrogens is 505 g/mol. The highest BCUT2D eigenvalue weighted by Gasteiger charge is 2.10. The van der Waals surface area contributed by atoms with Gasteiger partial charge in [0.15, 0.2) is 0 Å². The first-order valence-corrected chi connectivity index (χ1v) is 12.8. The number of nitrogens with zero attached hydrogens (tertiary/aromatic N) is 2. The van der Waals surface area contributed by atoms with Gasteiger partial charge in [0.25, 0.3) is 5.91 Å². The highest BCUT2D eigenvalue weighted by Crippen LogP contribution is 2.21. The molecule has 1 aliphatic rings. The molecule has 3 amide bonds. The van der Waals surface area contributed by atoms with E-state index in [0.29, 0.717) is 23.4 Å². The Bertz CT molecular complexity index is 1550. The molecule has 7 nitrogen and oxygen atoms in total. The lowest BCUT2D eigenvalue weighted by Gasteiger charge is -2.09. The molecule has 0 fully saturated rings. The van der Waals surface area contributed by atoms with E-state index in [9.17, 15) is 14.0 Å². The van der Waals surface area contributed by atoms with Crippen LogP contribution in [0.1, 0.15) is 34.0 Å². The smallest absolute Gasteiger partial charge is 0.318 e. The Morgan fingerprint density at radius 3 is 2.52 bits per heavy atom. The van der Waals surface area contributed by atoms with E-state index in [0.717, 1.165) is 28.0 Å². The SMILES string of the molecule is CNC(=O)Nc1cccc(C2=CN=C(C)C=C(c3cccc(C(=O)NCc4ccccc4F)c3)C=NCC=C2)c1. The number of anilines is 1. The van der Waals surface area contributed by atoms with Gasteiger partial charge in [0.1, 0.15) is 5.82 Å². The number of hydrogen-bond donors (Lipinski definition) is 3. The van der Waals surface area contributed by atoms with E-state index in [-0.39, 0.29) is 24.3 Å². The van der Waals surface area contributed by atoms with Gasteiger partial charge in [-0.3, -0.25) is 14.8 Å². The fourth-order valence-electron chi connectivity index (χ4n) is 3.96. The number of carbonyl (C=O) groups is 2. The lowest BCUT2D eigenvalue weighted by molar-refractivity contribution is 0.0950. The summed E-state index contributed by atoms with van der Waals surface area (Å²) in [7, 11) is 1.56. The number of halogens is 1. The van der Waals surface area contributed by atoms with E-state index < -0.39 is 0 Å². The van der Waals surface area contributed by atoms with E-state index in [1.807, 2.05) is 55.5 Å². The molecule has 3 aromatic rings. The van der Waals surface area contributed by atoms with E-state index in [2.05, 4.69) is 25.9 Å². The largest absolute Gasteiger partial charge is 0.348 e. The van der Waals surface area contributed by atoms with E-state index in [1.54, 1.807) is 55.9 Å². The molecule has 40 heavy (non-hydrogen) atoms. The summed E-state index contributed by atoms with van der Waals surface area (Å²) in [5.74, 6) is -0.655. The number of allylic oxidation sites excluding steroid dienone is 4. The first-order valence-electron chi connectivity index (χ1n) is 12.8. The zero-order valence-electron chi connectivity index (χ0n) is 22.3. The van der Waals surface area contributed by atoms with Crippen LogP contribution in [0.2, 0.25) is 0 Å². The highest BCUT2D eigenvalue weighted by atomic mass is 19.1. The third kappa shape index (κ3) is 7.70. The summed E-state index contributed by atoms with van der Waals surface area (Å²) >= 11 is 0. The summed E-state index contributed by atoms with van der Waals surface area (Å²) in [5.41, 5.74) is 5.64. The topological polar surface area (TPSA) is 95.0 Å². The van der Waals surface area contributed by atoms with Crippen LogP contribution in [-0.2, 0) is 6.54 Å². The Morgan fingerprint density at radius 1 is 0.950 bits per heavy atom. The van der Waals surface area contributed by atoms with Gasteiger partial charge >= 0.3 is 6.03 Å². The number of carbonyl (C=O) groups excluding carboxylic acids is 2. The second kappa shape index (κ2) is 13.6. The molecule has 1 aliphatic heterocycles. The van der Waals surface area contributed by atoms with Crippen molar-refractivity contribution in [3.63, 3.8) is 0 Å². The van der Waals surface area contributed by atoms with Crippen LogP contribution in [0.4, 0.5) is 14.9 Å². The molecule has 3 aromatic carbocycles. The third-order valence-electron chi connectivity index (χ3n) is 6.05. The van der Waals surface area contributed by atoms with Crippen molar-refractivity contribution >= 4 is 40.7 Å². The van der Waals surface area contributed by atoms with Crippen molar-refractivity contribution in [2.24, 2.45) is 9.98 Å². The van der Waals surface area contributed by atoms with Crippen molar-refractivity contribution < 1.29 is 14.0 Å². The minimum absolute atomic E-state index is 0.0947. The van der Waals surface area contributed by atoms with Crippen LogP contribution in [0.15, 0.2) is 107 Å². The number of amides is 3. The van der Waals surface area contributed by atoms with Gasteiger partial charge in [-0.15, -0.1) is 0 Å². The minimum atomic E-state index is -0.357. The average Bonchev–Trinajstić information content (AvgIpc) is 3.01. The molecule has 0 aromatic heterocycles. The third-order valence-corrected chi connectivity index (χ3v) is 6.05. The predicted molar refractivity (Wildman–Crippen MR) is 160 cm³/mol. The summed E-state index contributed by atoms with van der Waals surface area (Å²) in [6.07, 6.45) is 9.32. The van der Waals surface area contributed by atoms with Crippen molar-refractivity contribution in [1.29, 1.82) is 0 Å². The van der Waals surface area contributed by atoms with Crippen molar-refractivity contribution in [2.45, 2.75) is 13.5 Å². The summed E-state index contributed by atoms with van der Waals surface area (Å²) in [6.45, 7) is 2.42. The molecule has 1 heterocycles. The summed E-state index contributed by atoms with van der Waals surface area (Å²) in [6, 6.07) is 20.8. The van der Waals surface area contributed by atoms with Crippen molar-refractivity contribution in [3.05, 3.63) is 125 Å². The second-order valence-electron chi connectivity index (χ2n) is 8.99. The van der Waals surface area contributed by atoms with E-state index in [4.69, 9.17) is 0 Å². The quantitative estimate of drug-likeness (QED) is 0.359. The first-order chi connectivity index (χ1) is 19.4. The Labute approximate surface area is 233 Å². The normalized spacial score (nSPS) is 13.3. The first kappa shape index (κ1) is 27.9. The molecule has 0 radical (unpaired) electrons. The maximum atomic E-state index is 13.9. The van der Waals surface area contributed by atoms with Gasteiger partial charge in [-0.25, -0.2) is 9.18 Å². The molecular formula is C32H30FN5O2. The lowest BCUT2D eigenvalue weighted by Crippen LogP contribution is -2.24. The van der Waals surface area contributed by atoms with Crippen molar-refractivity contribution in [2.75, 3.05) is 18.9 Å². The Balaban J connectivity index is 1.56. The van der Waals surface area contributed by atoms with Crippen LogP contribution >= 0.6 is 0 Å². The standard InChI is InChI=1S/C32H30FN5O2/c1-22-16-28(23-9-5-11-25(17-23)31(39)37-21-27-8-3-4-14-30(27)33)19-35-15-7-12-26(20-36-22)24-10-6-13-29(18-24)38-32(40)34-2/h3-14,16-20H,15,21H2,1-2H3,(H,37,39)(H2,34,38,40). The molecule has 0 saturated carbocycles. The number of urea groups is 1. The number of benzene rings is 3. The van der Waals surface area contributed by atoms with Crippen LogP contribution in [0.3, 0.4) is 0 Å². The highest BCUT2D eigenvalue weighted by molar-refractivity contribution is 6.17. The van der Waals surface area contributed by atoms with E-state index in [1.165, 1.54) is 6.07 Å². The van der Waals surface area contributed by atoms with Crippen LogP contribution < -0.4 is 16.0 Å². The predicted octanol–water partition coefficient (Wildman–Crippen LogP) is 6.03. The zero-order valence-corrected chi connectivity index (χ0v) is 22.3. The Morgan fingerprint density at radius 2 is 1.73 bits per heavy atom. The molecule has 8 heteroatoms. The van der Waals surface area contributed by atoms with Crippen molar-refractivity contribution in [1.82, 2.24) is 10.6 Å². The summed E-state index contributed by atoms with van der Waals surface area (Å²) < 4.78 is 13.9. The second-order valence-corrected chi connectivity index (χ2v) is 8.99. The van der Waals surface area contributed by atoms with Gasteiger partial charge in [-0.1, -0.05) is 54.6 Å².